The minimum absolute atomic E-state index is 0.121. The Hall–Kier alpha value is -1.39. The normalized spacial score (nSPS) is 19.4. The molecule has 1 saturated heterocycles. The largest absolute Gasteiger partial charge is 0.469 e. The van der Waals surface area contributed by atoms with Crippen LogP contribution in [0.15, 0.2) is 30.3 Å². The Labute approximate surface area is 127 Å². The number of piperidine rings is 1. The van der Waals surface area contributed by atoms with E-state index in [2.05, 4.69) is 21.8 Å². The average Bonchev–Trinajstić information content (AvgIpc) is 2.54. The predicted octanol–water partition coefficient (Wildman–Crippen LogP) is 2.62. The first kappa shape index (κ1) is 16.0. The molecule has 1 heterocycles. The van der Waals surface area contributed by atoms with Crippen molar-refractivity contribution in [1.29, 1.82) is 0 Å². The van der Waals surface area contributed by atoms with Gasteiger partial charge in [-0.1, -0.05) is 30.3 Å². The summed E-state index contributed by atoms with van der Waals surface area (Å²) in [5, 5.41) is 0. The van der Waals surface area contributed by atoms with Crippen molar-refractivity contribution in [3.05, 3.63) is 35.9 Å². The number of methoxy groups -OCH3 is 1. The molecule has 21 heavy (non-hydrogen) atoms. The van der Waals surface area contributed by atoms with Gasteiger partial charge in [-0.2, -0.15) is 0 Å². The second-order valence-corrected chi connectivity index (χ2v) is 5.54. The van der Waals surface area contributed by atoms with Gasteiger partial charge < -0.3 is 14.4 Å². The summed E-state index contributed by atoms with van der Waals surface area (Å²) in [7, 11) is 1.44. The standard InChI is InChI=1S/C17H25NO3/c1-20-17(19)10-6-12-18-11-5-9-16(13-18)21-14-15-7-3-2-4-8-15/h2-4,7-8,16H,5-6,9-14H2,1H3/t16-/m1/s1. The number of benzene rings is 1. The summed E-state index contributed by atoms with van der Waals surface area (Å²) in [5.74, 6) is -0.121. The average molecular weight is 291 g/mol. The van der Waals surface area contributed by atoms with Crippen molar-refractivity contribution in [2.24, 2.45) is 0 Å². The first-order valence-corrected chi connectivity index (χ1v) is 7.72. The maximum absolute atomic E-state index is 11.1. The quantitative estimate of drug-likeness (QED) is 0.724. The summed E-state index contributed by atoms with van der Waals surface area (Å²) in [6, 6.07) is 10.3. The number of esters is 1. The van der Waals surface area contributed by atoms with Crippen molar-refractivity contribution < 1.29 is 14.3 Å². The van der Waals surface area contributed by atoms with Gasteiger partial charge in [-0.15, -0.1) is 0 Å². The highest BCUT2D eigenvalue weighted by Gasteiger charge is 2.20. The van der Waals surface area contributed by atoms with E-state index >= 15 is 0 Å². The van der Waals surface area contributed by atoms with Crippen LogP contribution in [0.2, 0.25) is 0 Å². The minimum atomic E-state index is -0.121. The molecule has 0 bridgehead atoms. The summed E-state index contributed by atoms with van der Waals surface area (Å²) < 4.78 is 10.7. The van der Waals surface area contributed by atoms with Gasteiger partial charge in [-0.25, -0.2) is 0 Å². The monoisotopic (exact) mass is 291 g/mol. The summed E-state index contributed by atoms with van der Waals surface area (Å²) >= 11 is 0. The van der Waals surface area contributed by atoms with Crippen molar-refractivity contribution in [1.82, 2.24) is 4.90 Å². The molecular formula is C17H25NO3. The fraction of sp³-hybridized carbons (Fsp3) is 0.588. The number of likely N-dealkylation sites (tertiary alicyclic amines) is 1. The lowest BCUT2D eigenvalue weighted by atomic mass is 10.1. The first-order valence-electron chi connectivity index (χ1n) is 7.72. The molecule has 0 spiro atoms. The van der Waals surface area contributed by atoms with Crippen LogP contribution < -0.4 is 0 Å². The molecule has 0 unspecified atom stereocenters. The molecule has 0 saturated carbocycles. The zero-order valence-corrected chi connectivity index (χ0v) is 12.8. The molecule has 1 aromatic carbocycles. The topological polar surface area (TPSA) is 38.8 Å². The third-order valence-corrected chi connectivity index (χ3v) is 3.87. The number of carbonyl (C=O) groups excluding carboxylic acids is 1. The summed E-state index contributed by atoms with van der Waals surface area (Å²) in [5.41, 5.74) is 1.22. The van der Waals surface area contributed by atoms with Gasteiger partial charge in [0.2, 0.25) is 0 Å². The first-order chi connectivity index (χ1) is 10.3. The van der Waals surface area contributed by atoms with Gasteiger partial charge >= 0.3 is 5.97 Å². The van der Waals surface area contributed by atoms with Gasteiger partial charge in [0.05, 0.1) is 19.8 Å². The Balaban J connectivity index is 1.67. The van der Waals surface area contributed by atoms with Gasteiger partial charge in [0.25, 0.3) is 0 Å². The van der Waals surface area contributed by atoms with E-state index in [-0.39, 0.29) is 5.97 Å². The molecular weight excluding hydrogens is 266 g/mol. The van der Waals surface area contributed by atoms with Crippen LogP contribution in [0.5, 0.6) is 0 Å². The number of nitrogens with zero attached hydrogens (tertiary/aromatic N) is 1. The van der Waals surface area contributed by atoms with Crippen LogP contribution >= 0.6 is 0 Å². The number of hydrogen-bond acceptors (Lipinski definition) is 4. The Morgan fingerprint density at radius 2 is 2.14 bits per heavy atom. The predicted molar refractivity (Wildman–Crippen MR) is 81.9 cm³/mol. The minimum Gasteiger partial charge on any atom is -0.469 e. The van der Waals surface area contributed by atoms with Crippen molar-refractivity contribution >= 4 is 5.97 Å². The molecule has 1 aliphatic heterocycles. The van der Waals surface area contributed by atoms with Crippen molar-refractivity contribution in [3.63, 3.8) is 0 Å². The van der Waals surface area contributed by atoms with Crippen LogP contribution in [0, 0.1) is 0 Å². The molecule has 1 aromatic rings. The van der Waals surface area contributed by atoms with Crippen LogP contribution in [0.25, 0.3) is 0 Å². The molecule has 2 rings (SSSR count). The van der Waals surface area contributed by atoms with Crippen LogP contribution in [0.3, 0.4) is 0 Å². The van der Waals surface area contributed by atoms with Crippen molar-refractivity contribution in [2.45, 2.75) is 38.4 Å². The second kappa shape index (κ2) is 8.80. The second-order valence-electron chi connectivity index (χ2n) is 5.54. The fourth-order valence-electron chi connectivity index (χ4n) is 2.69. The molecule has 4 nitrogen and oxygen atoms in total. The third kappa shape index (κ3) is 5.86. The summed E-state index contributed by atoms with van der Waals surface area (Å²) in [4.78, 5) is 13.5. The molecule has 0 radical (unpaired) electrons. The molecule has 116 valence electrons. The zero-order valence-electron chi connectivity index (χ0n) is 12.8. The van der Waals surface area contributed by atoms with Crippen molar-refractivity contribution in [3.8, 4) is 0 Å². The highest BCUT2D eigenvalue weighted by molar-refractivity contribution is 5.69. The van der Waals surface area contributed by atoms with Gasteiger partial charge in [0.15, 0.2) is 0 Å². The SMILES string of the molecule is COC(=O)CCCN1CCC[C@@H](OCc2ccccc2)C1. The maximum Gasteiger partial charge on any atom is 0.305 e. The Kier molecular flexibility index (Phi) is 6.70. The summed E-state index contributed by atoms with van der Waals surface area (Å²) in [6.45, 7) is 3.70. The number of ether oxygens (including phenoxy) is 2. The molecule has 0 aliphatic carbocycles. The van der Waals surface area contributed by atoms with E-state index in [1.165, 1.54) is 12.7 Å². The molecule has 0 amide bonds. The molecule has 4 heteroatoms. The molecule has 0 aromatic heterocycles. The Morgan fingerprint density at radius 3 is 2.90 bits per heavy atom. The lowest BCUT2D eigenvalue weighted by Crippen LogP contribution is -2.40. The van der Waals surface area contributed by atoms with Gasteiger partial charge in [0.1, 0.15) is 0 Å². The number of rotatable bonds is 7. The smallest absolute Gasteiger partial charge is 0.305 e. The lowest BCUT2D eigenvalue weighted by molar-refractivity contribution is -0.140. The molecule has 1 atom stereocenters. The van der Waals surface area contributed by atoms with Gasteiger partial charge in [-0.05, 0) is 37.9 Å². The van der Waals surface area contributed by atoms with E-state index in [1.807, 2.05) is 18.2 Å². The third-order valence-electron chi connectivity index (χ3n) is 3.87. The van der Waals surface area contributed by atoms with Gasteiger partial charge in [0, 0.05) is 13.0 Å². The highest BCUT2D eigenvalue weighted by atomic mass is 16.5. The van der Waals surface area contributed by atoms with E-state index in [4.69, 9.17) is 4.74 Å². The van der Waals surface area contributed by atoms with Crippen LogP contribution in [0.1, 0.15) is 31.2 Å². The summed E-state index contributed by atoms with van der Waals surface area (Å²) in [6.07, 6.45) is 3.95. The van der Waals surface area contributed by atoms with E-state index < -0.39 is 0 Å². The highest BCUT2D eigenvalue weighted by Crippen LogP contribution is 2.15. The van der Waals surface area contributed by atoms with Crippen LogP contribution in [-0.2, 0) is 20.9 Å². The van der Waals surface area contributed by atoms with E-state index in [0.29, 0.717) is 19.1 Å². The molecule has 0 N–H and O–H groups in total. The van der Waals surface area contributed by atoms with Crippen molar-refractivity contribution in [2.75, 3.05) is 26.7 Å². The van der Waals surface area contributed by atoms with E-state index in [1.54, 1.807) is 0 Å². The maximum atomic E-state index is 11.1. The van der Waals surface area contributed by atoms with Crippen LogP contribution in [0.4, 0.5) is 0 Å². The zero-order chi connectivity index (χ0) is 14.9. The van der Waals surface area contributed by atoms with E-state index in [9.17, 15) is 4.79 Å². The lowest BCUT2D eigenvalue weighted by Gasteiger charge is -2.32. The van der Waals surface area contributed by atoms with Gasteiger partial charge in [-0.3, -0.25) is 4.79 Å². The number of hydrogen-bond donors (Lipinski definition) is 0. The Morgan fingerprint density at radius 1 is 1.33 bits per heavy atom. The molecule has 1 fully saturated rings. The van der Waals surface area contributed by atoms with E-state index in [0.717, 1.165) is 38.9 Å². The van der Waals surface area contributed by atoms with Crippen LogP contribution in [-0.4, -0.2) is 43.7 Å². The number of carbonyl (C=O) groups is 1. The molecule has 1 aliphatic rings. The Bertz CT molecular complexity index is 421. The fourth-order valence-corrected chi connectivity index (χ4v) is 2.69.